The Morgan fingerprint density at radius 3 is 2.56 bits per heavy atom. The molecule has 0 aliphatic heterocycles. The van der Waals surface area contributed by atoms with E-state index in [4.69, 9.17) is 21.1 Å². The van der Waals surface area contributed by atoms with E-state index in [0.717, 1.165) is 10.8 Å². The SMILES string of the molecule is CC[C@H](Oc1ccc2ccccc2c1)C(=O)NCCOc1ccccc1Cl. The van der Waals surface area contributed by atoms with Crippen molar-refractivity contribution in [3.63, 3.8) is 0 Å². The van der Waals surface area contributed by atoms with Crippen LogP contribution in [0.25, 0.3) is 10.8 Å². The number of rotatable bonds is 8. The van der Waals surface area contributed by atoms with Gasteiger partial charge in [-0.25, -0.2) is 0 Å². The molecule has 0 saturated carbocycles. The first-order valence-corrected chi connectivity index (χ1v) is 9.35. The zero-order chi connectivity index (χ0) is 19.1. The zero-order valence-corrected chi connectivity index (χ0v) is 15.9. The summed E-state index contributed by atoms with van der Waals surface area (Å²) in [5.41, 5.74) is 0. The maximum absolute atomic E-state index is 12.4. The number of para-hydroxylation sites is 1. The Hall–Kier alpha value is -2.72. The molecular formula is C22H22ClNO3. The minimum atomic E-state index is -0.550. The third-order valence-electron chi connectivity index (χ3n) is 4.16. The number of amides is 1. The number of benzene rings is 3. The highest BCUT2D eigenvalue weighted by molar-refractivity contribution is 6.32. The maximum atomic E-state index is 12.4. The summed E-state index contributed by atoms with van der Waals surface area (Å²) < 4.78 is 11.5. The van der Waals surface area contributed by atoms with E-state index >= 15 is 0 Å². The molecule has 0 fully saturated rings. The monoisotopic (exact) mass is 383 g/mol. The molecule has 0 bridgehead atoms. The summed E-state index contributed by atoms with van der Waals surface area (Å²) in [5, 5.41) is 5.62. The molecule has 3 rings (SSSR count). The van der Waals surface area contributed by atoms with Crippen LogP contribution in [-0.2, 0) is 4.79 Å². The largest absolute Gasteiger partial charge is 0.490 e. The van der Waals surface area contributed by atoms with Gasteiger partial charge in [-0.15, -0.1) is 0 Å². The molecule has 0 aliphatic carbocycles. The predicted octanol–water partition coefficient (Wildman–Crippen LogP) is 4.85. The van der Waals surface area contributed by atoms with Crippen LogP contribution in [-0.4, -0.2) is 25.2 Å². The van der Waals surface area contributed by atoms with Gasteiger partial charge >= 0.3 is 0 Å². The van der Waals surface area contributed by atoms with Crippen LogP contribution in [0.3, 0.4) is 0 Å². The van der Waals surface area contributed by atoms with Crippen molar-refractivity contribution in [1.82, 2.24) is 5.32 Å². The quantitative estimate of drug-likeness (QED) is 0.566. The Morgan fingerprint density at radius 1 is 1.04 bits per heavy atom. The van der Waals surface area contributed by atoms with Crippen LogP contribution in [0, 0.1) is 0 Å². The van der Waals surface area contributed by atoms with Crippen LogP contribution in [0.5, 0.6) is 11.5 Å². The molecule has 0 unspecified atom stereocenters. The standard InChI is InChI=1S/C22H22ClNO3/c1-2-20(27-18-12-11-16-7-3-4-8-17(16)15-18)22(25)24-13-14-26-21-10-6-5-9-19(21)23/h3-12,15,20H,2,13-14H2,1H3,(H,24,25)/t20-/m0/s1. The summed E-state index contributed by atoms with van der Waals surface area (Å²) in [4.78, 5) is 12.4. The summed E-state index contributed by atoms with van der Waals surface area (Å²) in [5.74, 6) is 1.13. The lowest BCUT2D eigenvalue weighted by Gasteiger charge is -2.18. The van der Waals surface area contributed by atoms with Crippen molar-refractivity contribution in [3.8, 4) is 11.5 Å². The van der Waals surface area contributed by atoms with Gasteiger partial charge in [0.25, 0.3) is 5.91 Å². The normalized spacial score (nSPS) is 11.8. The average molecular weight is 384 g/mol. The molecule has 0 spiro atoms. The van der Waals surface area contributed by atoms with Gasteiger partial charge in [-0.05, 0) is 41.5 Å². The van der Waals surface area contributed by atoms with Crippen molar-refractivity contribution in [2.24, 2.45) is 0 Å². The highest BCUT2D eigenvalue weighted by Crippen LogP contribution is 2.23. The minimum Gasteiger partial charge on any atom is -0.490 e. The van der Waals surface area contributed by atoms with Crippen LogP contribution in [0.4, 0.5) is 0 Å². The Labute approximate surface area is 164 Å². The first-order chi connectivity index (χ1) is 13.2. The highest BCUT2D eigenvalue weighted by Gasteiger charge is 2.18. The van der Waals surface area contributed by atoms with Crippen LogP contribution >= 0.6 is 11.6 Å². The number of fused-ring (bicyclic) bond motifs is 1. The molecule has 3 aromatic rings. The number of carbonyl (C=O) groups excluding carboxylic acids is 1. The van der Waals surface area contributed by atoms with Gasteiger partial charge in [0, 0.05) is 0 Å². The molecule has 0 aromatic heterocycles. The Balaban J connectivity index is 1.51. The first-order valence-electron chi connectivity index (χ1n) is 8.98. The van der Waals surface area contributed by atoms with Crippen molar-refractivity contribution in [3.05, 3.63) is 71.8 Å². The summed E-state index contributed by atoms with van der Waals surface area (Å²) in [6.07, 6.45) is 0.0239. The fraction of sp³-hybridized carbons (Fsp3) is 0.227. The number of hydrogen-bond acceptors (Lipinski definition) is 3. The molecule has 3 aromatic carbocycles. The summed E-state index contributed by atoms with van der Waals surface area (Å²) >= 11 is 6.04. The second kappa shape index (κ2) is 9.28. The average Bonchev–Trinajstić information content (AvgIpc) is 2.70. The molecule has 140 valence electrons. The fourth-order valence-electron chi connectivity index (χ4n) is 2.74. The van der Waals surface area contributed by atoms with E-state index in [2.05, 4.69) is 5.32 Å². The molecule has 5 heteroatoms. The minimum absolute atomic E-state index is 0.159. The molecule has 1 N–H and O–H groups in total. The van der Waals surface area contributed by atoms with E-state index in [-0.39, 0.29) is 5.91 Å². The topological polar surface area (TPSA) is 47.6 Å². The Morgan fingerprint density at radius 2 is 1.78 bits per heavy atom. The van der Waals surface area contributed by atoms with Gasteiger partial charge in [-0.3, -0.25) is 4.79 Å². The molecule has 27 heavy (non-hydrogen) atoms. The number of hydrogen-bond donors (Lipinski definition) is 1. The number of halogens is 1. The Bertz CT molecular complexity index is 913. The van der Waals surface area contributed by atoms with E-state index in [0.29, 0.717) is 36.1 Å². The number of nitrogens with one attached hydrogen (secondary N) is 1. The van der Waals surface area contributed by atoms with E-state index in [9.17, 15) is 4.79 Å². The van der Waals surface area contributed by atoms with E-state index < -0.39 is 6.10 Å². The third kappa shape index (κ3) is 5.14. The lowest BCUT2D eigenvalue weighted by atomic mass is 10.1. The zero-order valence-electron chi connectivity index (χ0n) is 15.2. The lowest BCUT2D eigenvalue weighted by molar-refractivity contribution is -0.128. The van der Waals surface area contributed by atoms with E-state index in [1.165, 1.54) is 0 Å². The maximum Gasteiger partial charge on any atom is 0.261 e. The molecular weight excluding hydrogens is 362 g/mol. The van der Waals surface area contributed by atoms with Crippen LogP contribution in [0.15, 0.2) is 66.7 Å². The van der Waals surface area contributed by atoms with Crippen LogP contribution in [0.1, 0.15) is 13.3 Å². The molecule has 0 radical (unpaired) electrons. The second-order valence-corrected chi connectivity index (χ2v) is 6.50. The molecule has 0 aliphatic rings. The van der Waals surface area contributed by atoms with Crippen molar-refractivity contribution in [2.75, 3.05) is 13.2 Å². The third-order valence-corrected chi connectivity index (χ3v) is 4.47. The van der Waals surface area contributed by atoms with Crippen molar-refractivity contribution < 1.29 is 14.3 Å². The summed E-state index contributed by atoms with van der Waals surface area (Å²) in [6.45, 7) is 2.63. The van der Waals surface area contributed by atoms with E-state index in [1.807, 2.05) is 61.5 Å². The van der Waals surface area contributed by atoms with Gasteiger partial charge in [-0.1, -0.05) is 61.0 Å². The second-order valence-electron chi connectivity index (χ2n) is 6.09. The van der Waals surface area contributed by atoms with Gasteiger partial charge < -0.3 is 14.8 Å². The van der Waals surface area contributed by atoms with Gasteiger partial charge in [0.2, 0.25) is 0 Å². The summed E-state index contributed by atoms with van der Waals surface area (Å²) in [6, 6.07) is 21.1. The smallest absolute Gasteiger partial charge is 0.261 e. The number of carbonyl (C=O) groups is 1. The van der Waals surface area contributed by atoms with Crippen molar-refractivity contribution in [2.45, 2.75) is 19.4 Å². The van der Waals surface area contributed by atoms with Gasteiger partial charge in [0.05, 0.1) is 11.6 Å². The van der Waals surface area contributed by atoms with Crippen LogP contribution in [0.2, 0.25) is 5.02 Å². The van der Waals surface area contributed by atoms with Crippen molar-refractivity contribution in [1.29, 1.82) is 0 Å². The number of ether oxygens (including phenoxy) is 2. The van der Waals surface area contributed by atoms with Crippen molar-refractivity contribution >= 4 is 28.3 Å². The lowest BCUT2D eigenvalue weighted by Crippen LogP contribution is -2.39. The molecule has 4 nitrogen and oxygen atoms in total. The predicted molar refractivity (Wildman–Crippen MR) is 109 cm³/mol. The van der Waals surface area contributed by atoms with E-state index in [1.54, 1.807) is 12.1 Å². The fourth-order valence-corrected chi connectivity index (χ4v) is 2.93. The molecule has 0 heterocycles. The summed E-state index contributed by atoms with van der Waals surface area (Å²) in [7, 11) is 0. The van der Waals surface area contributed by atoms with Gasteiger partial charge in [0.1, 0.15) is 18.1 Å². The molecule has 1 atom stereocenters. The van der Waals surface area contributed by atoms with Gasteiger partial charge in [-0.2, -0.15) is 0 Å². The Kier molecular flexibility index (Phi) is 6.55. The van der Waals surface area contributed by atoms with Crippen LogP contribution < -0.4 is 14.8 Å². The van der Waals surface area contributed by atoms with Gasteiger partial charge in [0.15, 0.2) is 6.10 Å². The highest BCUT2D eigenvalue weighted by atomic mass is 35.5. The molecule has 1 amide bonds. The molecule has 0 saturated heterocycles. The first kappa shape index (κ1) is 19.1.